The first-order valence-electron chi connectivity index (χ1n) is 7.75. The van der Waals surface area contributed by atoms with Gasteiger partial charge in [0.15, 0.2) is 0 Å². The zero-order chi connectivity index (χ0) is 18.4. The average Bonchev–Trinajstić information content (AvgIpc) is 2.65. The van der Waals surface area contributed by atoms with E-state index in [0.29, 0.717) is 29.4 Å². The van der Waals surface area contributed by atoms with Crippen molar-refractivity contribution in [1.29, 1.82) is 0 Å². The van der Waals surface area contributed by atoms with Gasteiger partial charge >= 0.3 is 0 Å². The summed E-state index contributed by atoms with van der Waals surface area (Å²) in [6.07, 6.45) is 0. The van der Waals surface area contributed by atoms with E-state index in [9.17, 15) is 4.79 Å². The molecule has 6 nitrogen and oxygen atoms in total. The molecule has 0 atom stereocenters. The van der Waals surface area contributed by atoms with Crippen molar-refractivity contribution in [3.05, 3.63) is 47.0 Å². The van der Waals surface area contributed by atoms with Crippen molar-refractivity contribution in [3.8, 4) is 23.0 Å². The van der Waals surface area contributed by atoms with Crippen LogP contribution in [0.15, 0.2) is 30.3 Å². The first-order chi connectivity index (χ1) is 12.0. The van der Waals surface area contributed by atoms with Crippen molar-refractivity contribution in [3.63, 3.8) is 0 Å². The summed E-state index contributed by atoms with van der Waals surface area (Å²) in [5, 5.41) is 2.89. The lowest BCUT2D eigenvalue weighted by atomic mass is 10.1. The normalized spacial score (nSPS) is 10.1. The third-order valence-corrected chi connectivity index (χ3v) is 3.91. The van der Waals surface area contributed by atoms with Gasteiger partial charge in [-0.2, -0.15) is 0 Å². The number of rotatable bonds is 7. The molecule has 0 bridgehead atoms. The van der Waals surface area contributed by atoms with Gasteiger partial charge in [0.1, 0.15) is 23.0 Å². The van der Waals surface area contributed by atoms with E-state index in [1.807, 2.05) is 19.1 Å². The fourth-order valence-corrected chi connectivity index (χ4v) is 2.59. The summed E-state index contributed by atoms with van der Waals surface area (Å²) in [4.78, 5) is 12.5. The number of carbonyl (C=O) groups excluding carboxylic acids is 1. The summed E-state index contributed by atoms with van der Waals surface area (Å²) >= 11 is 0. The minimum atomic E-state index is -0.229. The molecule has 6 heteroatoms. The standard InChI is InChI=1S/C19H23NO5/c1-12-17(24-4)7-6-13(18(12)25-5)11-20-19(21)14-8-15(22-2)10-16(9-14)23-3/h6-10H,11H2,1-5H3,(H,20,21). The van der Waals surface area contributed by atoms with Crippen LogP contribution in [-0.2, 0) is 6.54 Å². The van der Waals surface area contributed by atoms with E-state index in [0.717, 1.165) is 16.9 Å². The Bertz CT molecular complexity index is 735. The molecule has 0 fully saturated rings. The zero-order valence-corrected chi connectivity index (χ0v) is 15.1. The fraction of sp³-hybridized carbons (Fsp3) is 0.316. The number of hydrogen-bond acceptors (Lipinski definition) is 5. The average molecular weight is 345 g/mol. The molecule has 0 saturated carbocycles. The number of carbonyl (C=O) groups is 1. The smallest absolute Gasteiger partial charge is 0.251 e. The van der Waals surface area contributed by atoms with E-state index < -0.39 is 0 Å². The summed E-state index contributed by atoms with van der Waals surface area (Å²) in [6, 6.07) is 8.76. The molecule has 0 aliphatic carbocycles. The molecule has 0 radical (unpaired) electrons. The lowest BCUT2D eigenvalue weighted by Gasteiger charge is -2.15. The molecule has 0 aliphatic heterocycles. The molecule has 2 aromatic carbocycles. The Kier molecular flexibility index (Phi) is 6.11. The number of methoxy groups -OCH3 is 4. The minimum absolute atomic E-state index is 0.229. The monoisotopic (exact) mass is 345 g/mol. The number of hydrogen-bond donors (Lipinski definition) is 1. The van der Waals surface area contributed by atoms with Gasteiger partial charge in [0.25, 0.3) is 5.91 Å². The van der Waals surface area contributed by atoms with Crippen LogP contribution in [0.25, 0.3) is 0 Å². The van der Waals surface area contributed by atoms with Crippen LogP contribution in [0.1, 0.15) is 21.5 Å². The highest BCUT2D eigenvalue weighted by Crippen LogP contribution is 2.31. The Morgan fingerprint density at radius 1 is 0.920 bits per heavy atom. The van der Waals surface area contributed by atoms with Gasteiger partial charge in [0.2, 0.25) is 0 Å². The molecule has 1 amide bonds. The predicted octanol–water partition coefficient (Wildman–Crippen LogP) is 2.96. The Morgan fingerprint density at radius 2 is 1.56 bits per heavy atom. The molecule has 25 heavy (non-hydrogen) atoms. The lowest BCUT2D eigenvalue weighted by Crippen LogP contribution is -2.23. The zero-order valence-electron chi connectivity index (χ0n) is 15.1. The van der Waals surface area contributed by atoms with Crippen molar-refractivity contribution in [2.45, 2.75) is 13.5 Å². The minimum Gasteiger partial charge on any atom is -0.497 e. The largest absolute Gasteiger partial charge is 0.497 e. The van der Waals surface area contributed by atoms with E-state index in [1.165, 1.54) is 0 Å². The van der Waals surface area contributed by atoms with Gasteiger partial charge in [-0.15, -0.1) is 0 Å². The van der Waals surface area contributed by atoms with Crippen LogP contribution in [0, 0.1) is 6.92 Å². The molecule has 0 saturated heterocycles. The van der Waals surface area contributed by atoms with Gasteiger partial charge in [-0.1, -0.05) is 0 Å². The Hall–Kier alpha value is -2.89. The molecule has 0 unspecified atom stereocenters. The highest BCUT2D eigenvalue weighted by Gasteiger charge is 2.14. The molecular weight excluding hydrogens is 322 g/mol. The number of amides is 1. The Labute approximate surface area is 147 Å². The van der Waals surface area contributed by atoms with Gasteiger partial charge in [-0.05, 0) is 31.2 Å². The number of nitrogens with one attached hydrogen (secondary N) is 1. The van der Waals surface area contributed by atoms with E-state index in [-0.39, 0.29) is 5.91 Å². The third-order valence-electron chi connectivity index (χ3n) is 3.91. The second kappa shape index (κ2) is 8.28. The summed E-state index contributed by atoms with van der Waals surface area (Å²) in [6.45, 7) is 2.24. The molecule has 0 heterocycles. The van der Waals surface area contributed by atoms with Crippen molar-refractivity contribution < 1.29 is 23.7 Å². The van der Waals surface area contributed by atoms with Crippen molar-refractivity contribution in [1.82, 2.24) is 5.32 Å². The molecule has 2 rings (SSSR count). The van der Waals surface area contributed by atoms with Gasteiger partial charge in [-0.3, -0.25) is 4.79 Å². The third kappa shape index (κ3) is 4.15. The Balaban J connectivity index is 2.19. The van der Waals surface area contributed by atoms with Crippen LogP contribution >= 0.6 is 0 Å². The fourth-order valence-electron chi connectivity index (χ4n) is 2.59. The first-order valence-corrected chi connectivity index (χ1v) is 7.75. The van der Waals surface area contributed by atoms with Crippen molar-refractivity contribution >= 4 is 5.91 Å². The van der Waals surface area contributed by atoms with Crippen LogP contribution in [0.5, 0.6) is 23.0 Å². The van der Waals surface area contributed by atoms with E-state index >= 15 is 0 Å². The maximum atomic E-state index is 12.5. The van der Waals surface area contributed by atoms with E-state index in [1.54, 1.807) is 46.6 Å². The molecule has 2 aromatic rings. The molecule has 134 valence electrons. The molecule has 0 aliphatic rings. The number of ether oxygens (including phenoxy) is 4. The van der Waals surface area contributed by atoms with Gasteiger partial charge < -0.3 is 24.3 Å². The van der Waals surface area contributed by atoms with Gasteiger partial charge in [-0.25, -0.2) is 0 Å². The highest BCUT2D eigenvalue weighted by molar-refractivity contribution is 5.95. The van der Waals surface area contributed by atoms with Crippen LogP contribution in [0.4, 0.5) is 0 Å². The molecule has 1 N–H and O–H groups in total. The van der Waals surface area contributed by atoms with E-state index in [2.05, 4.69) is 5.32 Å². The topological polar surface area (TPSA) is 66.0 Å². The maximum Gasteiger partial charge on any atom is 0.251 e. The predicted molar refractivity (Wildman–Crippen MR) is 95.0 cm³/mol. The lowest BCUT2D eigenvalue weighted by molar-refractivity contribution is 0.0950. The number of benzene rings is 2. The highest BCUT2D eigenvalue weighted by atomic mass is 16.5. The van der Waals surface area contributed by atoms with E-state index in [4.69, 9.17) is 18.9 Å². The van der Waals surface area contributed by atoms with Crippen LogP contribution in [0.3, 0.4) is 0 Å². The second-order valence-corrected chi connectivity index (χ2v) is 5.37. The van der Waals surface area contributed by atoms with Crippen LogP contribution in [0.2, 0.25) is 0 Å². The molecule has 0 aromatic heterocycles. The van der Waals surface area contributed by atoms with Gasteiger partial charge in [0.05, 0.1) is 28.4 Å². The quantitative estimate of drug-likeness (QED) is 0.836. The summed E-state index contributed by atoms with van der Waals surface area (Å²) in [7, 11) is 6.29. The SMILES string of the molecule is COc1cc(OC)cc(C(=O)NCc2ccc(OC)c(C)c2OC)c1. The van der Waals surface area contributed by atoms with Gasteiger partial charge in [0, 0.05) is 29.3 Å². The van der Waals surface area contributed by atoms with Crippen LogP contribution in [-0.4, -0.2) is 34.3 Å². The molecular formula is C19H23NO5. The second-order valence-electron chi connectivity index (χ2n) is 5.37. The summed E-state index contributed by atoms with van der Waals surface area (Å²) in [5.41, 5.74) is 2.21. The maximum absolute atomic E-state index is 12.5. The van der Waals surface area contributed by atoms with Crippen LogP contribution < -0.4 is 24.3 Å². The van der Waals surface area contributed by atoms with Crippen molar-refractivity contribution in [2.24, 2.45) is 0 Å². The first kappa shape index (κ1) is 18.4. The van der Waals surface area contributed by atoms with Crippen molar-refractivity contribution in [2.75, 3.05) is 28.4 Å². The summed E-state index contributed by atoms with van der Waals surface area (Å²) < 4.78 is 21.1. The summed E-state index contributed by atoms with van der Waals surface area (Å²) in [5.74, 6) is 2.32. The Morgan fingerprint density at radius 3 is 2.08 bits per heavy atom. The molecule has 0 spiro atoms.